The zero-order valence-corrected chi connectivity index (χ0v) is 15.0. The van der Waals surface area contributed by atoms with Crippen LogP contribution in [0.3, 0.4) is 0 Å². The van der Waals surface area contributed by atoms with E-state index in [0.717, 1.165) is 30.2 Å². The Morgan fingerprint density at radius 3 is 2.44 bits per heavy atom. The SMILES string of the molecule is C[C@H](c1cccc(-c2cc(N3CCCC3)nc(N)n2)c1)N1CCCC1. The number of hydrogen-bond acceptors (Lipinski definition) is 5. The lowest BCUT2D eigenvalue weighted by molar-refractivity contribution is 0.263. The summed E-state index contributed by atoms with van der Waals surface area (Å²) in [5.74, 6) is 1.32. The molecular weight excluding hydrogens is 310 g/mol. The molecule has 1 aromatic carbocycles. The van der Waals surface area contributed by atoms with Crippen molar-refractivity contribution in [1.29, 1.82) is 0 Å². The predicted octanol–water partition coefficient (Wildman–Crippen LogP) is 3.48. The summed E-state index contributed by atoms with van der Waals surface area (Å²) >= 11 is 0. The van der Waals surface area contributed by atoms with Gasteiger partial charge in [0.25, 0.3) is 0 Å². The van der Waals surface area contributed by atoms with Crippen molar-refractivity contribution in [2.45, 2.75) is 38.6 Å². The molecule has 0 radical (unpaired) electrons. The van der Waals surface area contributed by atoms with E-state index >= 15 is 0 Å². The molecule has 2 fully saturated rings. The van der Waals surface area contributed by atoms with Gasteiger partial charge < -0.3 is 10.6 Å². The number of hydrogen-bond donors (Lipinski definition) is 1. The number of nitrogen functional groups attached to an aromatic ring is 1. The summed E-state index contributed by atoms with van der Waals surface area (Å²) in [6.07, 6.45) is 5.07. The van der Waals surface area contributed by atoms with Crippen LogP contribution in [-0.2, 0) is 0 Å². The van der Waals surface area contributed by atoms with E-state index in [2.05, 4.69) is 57.0 Å². The highest BCUT2D eigenvalue weighted by atomic mass is 15.2. The van der Waals surface area contributed by atoms with E-state index in [1.165, 1.54) is 44.3 Å². The molecule has 0 amide bonds. The zero-order chi connectivity index (χ0) is 17.2. The third-order valence-electron chi connectivity index (χ3n) is 5.51. The standard InChI is InChI=1S/C20H27N5/c1-15(24-9-2-3-10-24)16-7-6-8-17(13-16)18-14-19(23-20(21)22-18)25-11-4-5-12-25/h6-8,13-15H,2-5,9-12H2,1H3,(H2,21,22,23)/t15-/m1/s1. The largest absolute Gasteiger partial charge is 0.368 e. The normalized spacial score (nSPS) is 19.5. The van der Waals surface area contributed by atoms with Crippen LogP contribution in [0.1, 0.15) is 44.2 Å². The monoisotopic (exact) mass is 337 g/mol. The molecule has 2 saturated heterocycles. The van der Waals surface area contributed by atoms with Crippen molar-refractivity contribution in [3.8, 4) is 11.3 Å². The van der Waals surface area contributed by atoms with Crippen LogP contribution < -0.4 is 10.6 Å². The molecule has 1 aromatic heterocycles. The Hall–Kier alpha value is -2.14. The summed E-state index contributed by atoms with van der Waals surface area (Å²) in [4.78, 5) is 13.8. The third kappa shape index (κ3) is 3.47. The Morgan fingerprint density at radius 2 is 1.68 bits per heavy atom. The number of anilines is 2. The number of likely N-dealkylation sites (tertiary alicyclic amines) is 1. The summed E-state index contributed by atoms with van der Waals surface area (Å²) in [6.45, 7) is 6.81. The number of benzene rings is 1. The van der Waals surface area contributed by atoms with Gasteiger partial charge in [0, 0.05) is 30.8 Å². The van der Waals surface area contributed by atoms with Crippen LogP contribution in [0.25, 0.3) is 11.3 Å². The van der Waals surface area contributed by atoms with Gasteiger partial charge in [-0.2, -0.15) is 4.98 Å². The smallest absolute Gasteiger partial charge is 0.222 e. The lowest BCUT2D eigenvalue weighted by atomic mass is 10.0. The van der Waals surface area contributed by atoms with Crippen molar-refractivity contribution in [3.63, 3.8) is 0 Å². The maximum absolute atomic E-state index is 6.00. The Kier molecular flexibility index (Phi) is 4.57. The van der Waals surface area contributed by atoms with E-state index in [1.807, 2.05) is 0 Å². The van der Waals surface area contributed by atoms with Gasteiger partial charge in [-0.3, -0.25) is 4.90 Å². The first-order chi connectivity index (χ1) is 12.2. The van der Waals surface area contributed by atoms with Gasteiger partial charge in [0.2, 0.25) is 5.95 Å². The summed E-state index contributed by atoms with van der Waals surface area (Å²) < 4.78 is 0. The molecule has 4 rings (SSSR count). The molecule has 25 heavy (non-hydrogen) atoms. The van der Waals surface area contributed by atoms with Crippen molar-refractivity contribution in [2.24, 2.45) is 0 Å². The molecule has 2 aromatic rings. The van der Waals surface area contributed by atoms with Crippen LogP contribution in [0.15, 0.2) is 30.3 Å². The van der Waals surface area contributed by atoms with E-state index in [4.69, 9.17) is 5.73 Å². The molecule has 0 bridgehead atoms. The summed E-state index contributed by atoms with van der Waals surface area (Å²) in [5.41, 5.74) is 9.40. The second kappa shape index (κ2) is 7.00. The minimum absolute atomic E-state index is 0.359. The minimum atomic E-state index is 0.359. The Balaban J connectivity index is 1.64. The van der Waals surface area contributed by atoms with Crippen LogP contribution in [0.2, 0.25) is 0 Å². The topological polar surface area (TPSA) is 58.3 Å². The Bertz CT molecular complexity index is 733. The first-order valence-electron chi connectivity index (χ1n) is 9.44. The van der Waals surface area contributed by atoms with Crippen molar-refractivity contribution >= 4 is 11.8 Å². The first-order valence-corrected chi connectivity index (χ1v) is 9.44. The van der Waals surface area contributed by atoms with Gasteiger partial charge in [0.15, 0.2) is 0 Å². The molecular formula is C20H27N5. The summed E-state index contributed by atoms with van der Waals surface area (Å²) in [5, 5.41) is 0. The van der Waals surface area contributed by atoms with Gasteiger partial charge in [-0.15, -0.1) is 0 Å². The van der Waals surface area contributed by atoms with Gasteiger partial charge in [-0.1, -0.05) is 18.2 Å². The molecule has 5 nitrogen and oxygen atoms in total. The molecule has 5 heteroatoms. The summed E-state index contributed by atoms with van der Waals surface area (Å²) in [7, 11) is 0. The number of rotatable bonds is 4. The van der Waals surface area contributed by atoms with Gasteiger partial charge in [0.1, 0.15) is 5.82 Å². The van der Waals surface area contributed by atoms with Crippen LogP contribution >= 0.6 is 0 Å². The van der Waals surface area contributed by atoms with E-state index in [9.17, 15) is 0 Å². The quantitative estimate of drug-likeness (QED) is 0.925. The van der Waals surface area contributed by atoms with Crippen LogP contribution in [0, 0.1) is 0 Å². The average molecular weight is 337 g/mol. The van der Waals surface area contributed by atoms with Crippen LogP contribution in [-0.4, -0.2) is 41.0 Å². The second-order valence-corrected chi connectivity index (χ2v) is 7.21. The molecule has 0 aliphatic carbocycles. The lowest BCUT2D eigenvalue weighted by Crippen LogP contribution is -2.23. The lowest BCUT2D eigenvalue weighted by Gasteiger charge is -2.24. The van der Waals surface area contributed by atoms with Crippen molar-refractivity contribution < 1.29 is 0 Å². The molecule has 3 heterocycles. The van der Waals surface area contributed by atoms with Gasteiger partial charge >= 0.3 is 0 Å². The minimum Gasteiger partial charge on any atom is -0.368 e. The fourth-order valence-corrected chi connectivity index (χ4v) is 4.01. The highest BCUT2D eigenvalue weighted by Crippen LogP contribution is 2.29. The van der Waals surface area contributed by atoms with Gasteiger partial charge in [-0.05, 0) is 57.3 Å². The number of aromatic nitrogens is 2. The van der Waals surface area contributed by atoms with E-state index in [1.54, 1.807) is 0 Å². The predicted molar refractivity (Wildman–Crippen MR) is 103 cm³/mol. The van der Waals surface area contributed by atoms with Crippen molar-refractivity contribution in [1.82, 2.24) is 14.9 Å². The molecule has 2 aliphatic rings. The first kappa shape index (κ1) is 16.3. The van der Waals surface area contributed by atoms with E-state index in [0.29, 0.717) is 12.0 Å². The fourth-order valence-electron chi connectivity index (χ4n) is 4.01. The number of nitrogens with two attached hydrogens (primary N) is 1. The molecule has 0 spiro atoms. The Labute approximate surface area is 149 Å². The second-order valence-electron chi connectivity index (χ2n) is 7.21. The van der Waals surface area contributed by atoms with Crippen molar-refractivity contribution in [3.05, 3.63) is 35.9 Å². The molecule has 2 N–H and O–H groups in total. The highest BCUT2D eigenvalue weighted by Gasteiger charge is 2.20. The maximum Gasteiger partial charge on any atom is 0.222 e. The highest BCUT2D eigenvalue weighted by molar-refractivity contribution is 5.65. The van der Waals surface area contributed by atoms with Crippen LogP contribution in [0.4, 0.5) is 11.8 Å². The third-order valence-corrected chi connectivity index (χ3v) is 5.51. The molecule has 1 atom stereocenters. The van der Waals surface area contributed by atoms with Gasteiger partial charge in [-0.25, -0.2) is 4.98 Å². The molecule has 2 aliphatic heterocycles. The van der Waals surface area contributed by atoms with Gasteiger partial charge in [0.05, 0.1) is 5.69 Å². The average Bonchev–Trinajstić information content (AvgIpc) is 3.34. The summed E-state index contributed by atoms with van der Waals surface area (Å²) in [6, 6.07) is 11.3. The van der Waals surface area contributed by atoms with E-state index in [-0.39, 0.29) is 0 Å². The fraction of sp³-hybridized carbons (Fsp3) is 0.500. The van der Waals surface area contributed by atoms with Crippen molar-refractivity contribution in [2.75, 3.05) is 36.8 Å². The maximum atomic E-state index is 6.00. The van der Waals surface area contributed by atoms with E-state index < -0.39 is 0 Å². The molecule has 132 valence electrons. The number of nitrogens with zero attached hydrogens (tertiary/aromatic N) is 4. The van der Waals surface area contributed by atoms with Crippen LogP contribution in [0.5, 0.6) is 0 Å². The Morgan fingerprint density at radius 1 is 0.960 bits per heavy atom. The zero-order valence-electron chi connectivity index (χ0n) is 15.0. The molecule has 0 saturated carbocycles. The molecule has 0 unspecified atom stereocenters.